The zero-order valence-electron chi connectivity index (χ0n) is 16.0. The van der Waals surface area contributed by atoms with Crippen molar-refractivity contribution in [2.45, 2.75) is 110 Å². The first-order chi connectivity index (χ1) is 11.5. The monoisotopic (exact) mass is 402 g/mol. The van der Waals surface area contributed by atoms with E-state index in [0.29, 0.717) is 6.42 Å². The standard InChI is InChI=1S/C18H37O5P.Ca/c1-2-3-4-5-6-7-8-9-10-11-12-13-14-15-16-17-18(19)23-24(20,21)22;/h2-17H2,1H3,(H2,20,21,22);/q;+2/p-2. The van der Waals surface area contributed by atoms with Gasteiger partial charge >= 0.3 is 43.7 Å². The molecule has 0 aliphatic rings. The van der Waals surface area contributed by atoms with Gasteiger partial charge in [0.1, 0.15) is 7.82 Å². The van der Waals surface area contributed by atoms with Gasteiger partial charge in [0.05, 0.1) is 0 Å². The maximum atomic E-state index is 11.0. The first-order valence-electron chi connectivity index (χ1n) is 9.70. The quantitative estimate of drug-likeness (QED) is 0.206. The minimum Gasteiger partial charge on any atom is -0.780 e. The van der Waals surface area contributed by atoms with Crippen molar-refractivity contribution < 1.29 is 23.7 Å². The van der Waals surface area contributed by atoms with Gasteiger partial charge in [-0.1, -0.05) is 96.8 Å². The summed E-state index contributed by atoms with van der Waals surface area (Å²) in [4.78, 5) is 31.5. The Labute approximate surface area is 183 Å². The van der Waals surface area contributed by atoms with E-state index in [4.69, 9.17) is 0 Å². The van der Waals surface area contributed by atoms with Crippen LogP contribution in [0.5, 0.6) is 0 Å². The molecule has 0 aromatic rings. The van der Waals surface area contributed by atoms with Crippen LogP contribution in [0.4, 0.5) is 0 Å². The third-order valence-electron chi connectivity index (χ3n) is 4.20. The predicted molar refractivity (Wildman–Crippen MR) is 99.0 cm³/mol. The SMILES string of the molecule is CCCCCCCCCCCCCCCCCC(=O)OP(=O)([O-])[O-].[Ca+2]. The zero-order valence-corrected chi connectivity index (χ0v) is 19.1. The van der Waals surface area contributed by atoms with Crippen molar-refractivity contribution in [3.8, 4) is 0 Å². The molecule has 0 aromatic carbocycles. The Morgan fingerprint density at radius 3 is 1.36 bits per heavy atom. The van der Waals surface area contributed by atoms with Crippen molar-refractivity contribution in [2.75, 3.05) is 0 Å². The van der Waals surface area contributed by atoms with Crippen LogP contribution in [-0.2, 0) is 13.9 Å². The molecule has 0 bridgehead atoms. The van der Waals surface area contributed by atoms with E-state index in [-0.39, 0.29) is 44.2 Å². The maximum Gasteiger partial charge on any atom is 2.00 e. The Kier molecular flexibility index (Phi) is 22.1. The van der Waals surface area contributed by atoms with Gasteiger partial charge < -0.3 is 18.9 Å². The van der Waals surface area contributed by atoms with Crippen LogP contribution in [-0.4, -0.2) is 43.7 Å². The second-order valence-corrected chi connectivity index (χ2v) is 7.69. The van der Waals surface area contributed by atoms with Crippen molar-refractivity contribution in [3.05, 3.63) is 0 Å². The molecule has 0 aliphatic carbocycles. The fourth-order valence-electron chi connectivity index (χ4n) is 2.81. The molecular formula is C18H35CaO5P. The molecule has 0 saturated heterocycles. The number of phosphoric ester groups is 1. The summed E-state index contributed by atoms with van der Waals surface area (Å²) in [5.74, 6) is -0.932. The molecule has 0 unspecified atom stereocenters. The number of phosphoric acid groups is 1. The van der Waals surface area contributed by atoms with E-state index in [1.807, 2.05) is 0 Å². The smallest absolute Gasteiger partial charge is 0.780 e. The Balaban J connectivity index is 0. The Morgan fingerprint density at radius 1 is 0.720 bits per heavy atom. The summed E-state index contributed by atoms with van der Waals surface area (Å²) >= 11 is 0. The van der Waals surface area contributed by atoms with Gasteiger partial charge in [0.2, 0.25) is 0 Å². The molecule has 0 atom stereocenters. The Bertz CT molecular complexity index is 346. The van der Waals surface area contributed by atoms with E-state index in [1.165, 1.54) is 70.6 Å². The van der Waals surface area contributed by atoms with Crippen LogP contribution >= 0.6 is 7.82 Å². The second kappa shape index (κ2) is 19.6. The van der Waals surface area contributed by atoms with Crippen LogP contribution in [0.2, 0.25) is 0 Å². The van der Waals surface area contributed by atoms with E-state index in [2.05, 4.69) is 11.4 Å². The van der Waals surface area contributed by atoms with Crippen molar-refractivity contribution in [2.24, 2.45) is 0 Å². The Hall–Kier alpha value is 0.880. The normalized spacial score (nSPS) is 11.2. The fraction of sp³-hybridized carbons (Fsp3) is 0.944. The number of carbonyl (C=O) groups excluding carboxylic acids is 1. The molecule has 7 heteroatoms. The predicted octanol–water partition coefficient (Wildman–Crippen LogP) is 4.24. The van der Waals surface area contributed by atoms with Crippen LogP contribution in [0.25, 0.3) is 0 Å². The van der Waals surface area contributed by atoms with Crippen molar-refractivity contribution in [1.82, 2.24) is 0 Å². The maximum absolute atomic E-state index is 11.0. The molecule has 0 rings (SSSR count). The van der Waals surface area contributed by atoms with E-state index >= 15 is 0 Å². The molecule has 0 amide bonds. The van der Waals surface area contributed by atoms with E-state index in [1.54, 1.807) is 0 Å². The molecule has 144 valence electrons. The summed E-state index contributed by atoms with van der Waals surface area (Å²) < 4.78 is 14.0. The van der Waals surface area contributed by atoms with Gasteiger partial charge in [0.25, 0.3) is 0 Å². The summed E-state index contributed by atoms with van der Waals surface area (Å²) in [6, 6.07) is 0. The van der Waals surface area contributed by atoms with Crippen LogP contribution in [0, 0.1) is 0 Å². The summed E-state index contributed by atoms with van der Waals surface area (Å²) in [6.45, 7) is 2.25. The minimum absolute atomic E-state index is 0. The van der Waals surface area contributed by atoms with Gasteiger partial charge in [-0.05, 0) is 6.42 Å². The van der Waals surface area contributed by atoms with Gasteiger partial charge in [-0.2, -0.15) is 0 Å². The number of unbranched alkanes of at least 4 members (excludes halogenated alkanes) is 14. The third-order valence-corrected chi connectivity index (χ3v) is 4.63. The van der Waals surface area contributed by atoms with E-state index in [9.17, 15) is 19.1 Å². The molecule has 5 nitrogen and oxygen atoms in total. The molecule has 0 N–H and O–H groups in total. The molecule has 0 aromatic heterocycles. The zero-order chi connectivity index (χ0) is 18.1. The topological polar surface area (TPSA) is 89.5 Å². The summed E-state index contributed by atoms with van der Waals surface area (Å²) in [5, 5.41) is 0. The van der Waals surface area contributed by atoms with Crippen LogP contribution in [0.15, 0.2) is 0 Å². The van der Waals surface area contributed by atoms with Crippen molar-refractivity contribution in [1.29, 1.82) is 0 Å². The first-order valence-corrected chi connectivity index (χ1v) is 11.2. The molecular weight excluding hydrogens is 367 g/mol. The van der Waals surface area contributed by atoms with Crippen LogP contribution < -0.4 is 9.79 Å². The molecule has 0 spiro atoms. The van der Waals surface area contributed by atoms with Gasteiger partial charge in [0, 0.05) is 6.42 Å². The average molecular weight is 403 g/mol. The van der Waals surface area contributed by atoms with Gasteiger partial charge in [0.15, 0.2) is 0 Å². The third kappa shape index (κ3) is 24.9. The van der Waals surface area contributed by atoms with Crippen LogP contribution in [0.3, 0.4) is 0 Å². The molecule has 0 saturated carbocycles. The second-order valence-electron chi connectivity index (χ2n) is 6.61. The van der Waals surface area contributed by atoms with Gasteiger partial charge in [-0.15, -0.1) is 0 Å². The molecule has 0 radical (unpaired) electrons. The molecule has 0 fully saturated rings. The van der Waals surface area contributed by atoms with Gasteiger partial charge in [-0.25, -0.2) is 0 Å². The summed E-state index contributed by atoms with van der Waals surface area (Å²) in [5.41, 5.74) is 0. The number of hydrogen-bond acceptors (Lipinski definition) is 5. The molecule has 0 heterocycles. The minimum atomic E-state index is -5.16. The van der Waals surface area contributed by atoms with E-state index in [0.717, 1.165) is 19.3 Å². The number of carbonyl (C=O) groups is 1. The summed E-state index contributed by atoms with van der Waals surface area (Å²) in [6.07, 6.45) is 18.4. The number of rotatable bonds is 17. The van der Waals surface area contributed by atoms with Crippen molar-refractivity contribution >= 4 is 51.5 Å². The largest absolute Gasteiger partial charge is 2.00 e. The fourth-order valence-corrected chi connectivity index (χ4v) is 3.15. The van der Waals surface area contributed by atoms with Crippen molar-refractivity contribution in [3.63, 3.8) is 0 Å². The first kappa shape index (κ1) is 28.1. The molecule has 25 heavy (non-hydrogen) atoms. The van der Waals surface area contributed by atoms with Gasteiger partial charge in [-0.3, -0.25) is 4.79 Å². The average Bonchev–Trinajstić information content (AvgIpc) is 2.49. The van der Waals surface area contributed by atoms with E-state index < -0.39 is 13.8 Å². The molecule has 0 aliphatic heterocycles. The number of hydrogen-bond donors (Lipinski definition) is 0. The Morgan fingerprint density at radius 2 is 1.04 bits per heavy atom. The summed E-state index contributed by atoms with van der Waals surface area (Å²) in [7, 11) is -5.16. The van der Waals surface area contributed by atoms with Crippen LogP contribution in [0.1, 0.15) is 110 Å².